The van der Waals surface area contributed by atoms with E-state index >= 15 is 0 Å². The summed E-state index contributed by atoms with van der Waals surface area (Å²) in [4.78, 5) is 46.4. The van der Waals surface area contributed by atoms with Crippen molar-refractivity contribution < 1.29 is 33.8 Å². The van der Waals surface area contributed by atoms with Gasteiger partial charge < -0.3 is 19.6 Å². The molecule has 0 amide bonds. The second-order valence-electron chi connectivity index (χ2n) is 4.76. The summed E-state index contributed by atoms with van der Waals surface area (Å²) in [6.07, 6.45) is -1.50. The number of aryl methyl sites for hydroxylation is 1. The molecule has 3 atom stereocenters. The first-order chi connectivity index (χ1) is 10.2. The van der Waals surface area contributed by atoms with Crippen LogP contribution in [-0.4, -0.2) is 43.3 Å². The van der Waals surface area contributed by atoms with Crippen LogP contribution in [0.15, 0.2) is 15.8 Å². The first-order valence-corrected chi connectivity index (χ1v) is 7.73. The maximum absolute atomic E-state index is 11.7. The average molecular weight is 338 g/mol. The smallest absolute Gasteiger partial charge is 0.390 e. The zero-order chi connectivity index (χ0) is 16.5. The Hall–Kier alpha value is -1.33. The van der Waals surface area contributed by atoms with Crippen LogP contribution in [0.1, 0.15) is 18.2 Å². The SMILES string of the molecule is Cc1cn([C@H]2C[C@H](O)[C@@H](COOP(=O)(O)O)O2)c(=O)[nH]c1=O. The summed E-state index contributed by atoms with van der Waals surface area (Å²) in [6, 6.07) is 0. The molecule has 0 aromatic carbocycles. The highest BCUT2D eigenvalue weighted by Crippen LogP contribution is 2.36. The van der Waals surface area contributed by atoms with Gasteiger partial charge in [0, 0.05) is 18.2 Å². The summed E-state index contributed by atoms with van der Waals surface area (Å²) in [6.45, 7) is 1.06. The van der Waals surface area contributed by atoms with E-state index in [1.165, 1.54) is 13.1 Å². The van der Waals surface area contributed by atoms with Gasteiger partial charge in [0.1, 0.15) is 18.9 Å². The van der Waals surface area contributed by atoms with Crippen LogP contribution in [0.25, 0.3) is 0 Å². The molecule has 2 heterocycles. The molecule has 2 rings (SSSR count). The molecule has 1 aromatic heterocycles. The van der Waals surface area contributed by atoms with Crippen molar-refractivity contribution in [1.29, 1.82) is 0 Å². The third-order valence-corrected chi connectivity index (χ3v) is 3.34. The van der Waals surface area contributed by atoms with E-state index in [4.69, 9.17) is 14.5 Å². The van der Waals surface area contributed by atoms with Crippen LogP contribution in [0.5, 0.6) is 0 Å². The molecular weight excluding hydrogens is 323 g/mol. The second-order valence-corrected chi connectivity index (χ2v) is 5.89. The summed E-state index contributed by atoms with van der Waals surface area (Å²) < 4.78 is 20.7. The fourth-order valence-electron chi connectivity index (χ4n) is 2.00. The number of phosphoric acid groups is 1. The fourth-order valence-corrected chi connectivity index (χ4v) is 2.20. The number of aromatic nitrogens is 2. The number of H-pyrrole nitrogens is 1. The van der Waals surface area contributed by atoms with Gasteiger partial charge in [0.25, 0.3) is 5.56 Å². The second kappa shape index (κ2) is 6.42. The third-order valence-electron chi connectivity index (χ3n) is 3.04. The Morgan fingerprint density at radius 3 is 2.82 bits per heavy atom. The molecule has 12 heteroatoms. The molecule has 0 saturated carbocycles. The van der Waals surface area contributed by atoms with Crippen LogP contribution < -0.4 is 11.2 Å². The minimum atomic E-state index is -4.79. The number of aliphatic hydroxyl groups excluding tert-OH is 1. The van der Waals surface area contributed by atoms with Crippen LogP contribution in [0.2, 0.25) is 0 Å². The molecule has 1 fully saturated rings. The lowest BCUT2D eigenvalue weighted by Gasteiger charge is -2.16. The Morgan fingerprint density at radius 2 is 2.18 bits per heavy atom. The highest BCUT2D eigenvalue weighted by Gasteiger charge is 2.36. The van der Waals surface area contributed by atoms with Crippen LogP contribution >= 0.6 is 7.82 Å². The lowest BCUT2D eigenvalue weighted by Crippen LogP contribution is -2.33. The number of hydrogen-bond acceptors (Lipinski definition) is 7. The van der Waals surface area contributed by atoms with Crippen molar-refractivity contribution in [3.8, 4) is 0 Å². The van der Waals surface area contributed by atoms with Crippen LogP contribution in [0.4, 0.5) is 0 Å². The van der Waals surface area contributed by atoms with Gasteiger partial charge in [0.2, 0.25) is 0 Å². The number of rotatable bonds is 5. The molecule has 1 aliphatic heterocycles. The molecule has 0 spiro atoms. The molecule has 1 aromatic rings. The van der Waals surface area contributed by atoms with E-state index in [1.807, 2.05) is 0 Å². The van der Waals surface area contributed by atoms with Gasteiger partial charge in [-0.1, -0.05) is 0 Å². The molecule has 0 bridgehead atoms. The lowest BCUT2D eigenvalue weighted by molar-refractivity contribution is -0.246. The first kappa shape index (κ1) is 17.0. The van der Waals surface area contributed by atoms with Crippen LogP contribution in [-0.2, 0) is 18.9 Å². The summed E-state index contributed by atoms with van der Waals surface area (Å²) >= 11 is 0. The maximum atomic E-state index is 11.7. The van der Waals surface area contributed by atoms with Gasteiger partial charge in [0.15, 0.2) is 0 Å². The van der Waals surface area contributed by atoms with E-state index < -0.39 is 44.1 Å². The van der Waals surface area contributed by atoms with Gasteiger partial charge in [-0.2, -0.15) is 0 Å². The number of hydrogen-bond donors (Lipinski definition) is 4. The van der Waals surface area contributed by atoms with Crippen molar-refractivity contribution in [2.45, 2.75) is 31.8 Å². The molecule has 1 saturated heterocycles. The highest BCUT2D eigenvalue weighted by atomic mass is 31.2. The summed E-state index contributed by atoms with van der Waals surface area (Å²) in [7, 11) is -4.79. The normalized spacial score (nSPS) is 25.5. The summed E-state index contributed by atoms with van der Waals surface area (Å²) in [5.41, 5.74) is -0.919. The van der Waals surface area contributed by atoms with E-state index in [2.05, 4.69) is 14.5 Å². The Morgan fingerprint density at radius 1 is 1.50 bits per heavy atom. The number of nitrogens with one attached hydrogen (secondary N) is 1. The van der Waals surface area contributed by atoms with Gasteiger partial charge in [-0.3, -0.25) is 14.3 Å². The molecule has 4 N–H and O–H groups in total. The average Bonchev–Trinajstić information content (AvgIpc) is 2.74. The monoisotopic (exact) mass is 338 g/mol. The minimum Gasteiger partial charge on any atom is -0.390 e. The van der Waals surface area contributed by atoms with Crippen LogP contribution in [0.3, 0.4) is 0 Å². The Kier molecular flexibility index (Phi) is 4.97. The predicted molar refractivity (Wildman–Crippen MR) is 69.7 cm³/mol. The van der Waals surface area contributed by atoms with Crippen molar-refractivity contribution in [2.24, 2.45) is 0 Å². The van der Waals surface area contributed by atoms with Gasteiger partial charge in [0.05, 0.1) is 6.10 Å². The van der Waals surface area contributed by atoms with Gasteiger partial charge in [-0.15, -0.1) is 4.67 Å². The molecule has 1 aliphatic rings. The molecule has 0 radical (unpaired) electrons. The van der Waals surface area contributed by atoms with Gasteiger partial charge in [-0.05, 0) is 6.92 Å². The predicted octanol–water partition coefficient (Wildman–Crippen LogP) is -1.47. The lowest BCUT2D eigenvalue weighted by atomic mass is 10.2. The van der Waals surface area contributed by atoms with Crippen molar-refractivity contribution in [3.63, 3.8) is 0 Å². The maximum Gasteiger partial charge on any atom is 0.496 e. The zero-order valence-corrected chi connectivity index (χ0v) is 12.3. The van der Waals surface area contributed by atoms with Crippen molar-refractivity contribution in [2.75, 3.05) is 6.61 Å². The van der Waals surface area contributed by atoms with Crippen molar-refractivity contribution in [3.05, 3.63) is 32.6 Å². The van der Waals surface area contributed by atoms with Crippen molar-refractivity contribution in [1.82, 2.24) is 9.55 Å². The number of aromatic amines is 1. The summed E-state index contributed by atoms with van der Waals surface area (Å²) in [5, 5.41) is 9.82. The number of aliphatic hydroxyl groups is 1. The fraction of sp³-hybridized carbons (Fsp3) is 0.600. The minimum absolute atomic E-state index is 0.0370. The summed E-state index contributed by atoms with van der Waals surface area (Å²) in [5.74, 6) is 0. The van der Waals surface area contributed by atoms with E-state index in [0.717, 1.165) is 4.57 Å². The zero-order valence-electron chi connectivity index (χ0n) is 11.4. The van der Waals surface area contributed by atoms with Crippen LogP contribution in [0, 0.1) is 6.92 Å². The highest BCUT2D eigenvalue weighted by molar-refractivity contribution is 7.46. The first-order valence-electron chi connectivity index (χ1n) is 6.20. The van der Waals surface area contributed by atoms with E-state index in [9.17, 15) is 19.3 Å². The molecular formula is C10H15N2O9P. The topological polar surface area (TPSA) is 160 Å². The quantitative estimate of drug-likeness (QED) is 0.285. The molecule has 0 aliphatic carbocycles. The van der Waals surface area contributed by atoms with Crippen molar-refractivity contribution >= 4 is 7.82 Å². The third kappa shape index (κ3) is 4.11. The number of nitrogens with zero attached hydrogens (tertiary/aromatic N) is 1. The standard InChI is InChI=1S/C10H15N2O9P/c1-5-3-12(10(15)11-9(5)14)8-2-6(13)7(20-8)4-19-21-22(16,17)18/h3,6-8,13H,2,4H2,1H3,(H,11,14,15)(H2,16,17,18)/t6-,7+,8+/m0/s1. The molecule has 11 nitrogen and oxygen atoms in total. The Bertz CT molecular complexity index is 692. The van der Waals surface area contributed by atoms with Gasteiger partial charge >= 0.3 is 13.5 Å². The molecule has 22 heavy (non-hydrogen) atoms. The van der Waals surface area contributed by atoms with E-state index in [-0.39, 0.29) is 6.42 Å². The van der Waals surface area contributed by atoms with Gasteiger partial charge in [-0.25, -0.2) is 14.2 Å². The molecule has 124 valence electrons. The molecule has 0 unspecified atom stereocenters. The van der Waals surface area contributed by atoms with E-state index in [0.29, 0.717) is 5.56 Å². The Balaban J connectivity index is 2.05. The van der Waals surface area contributed by atoms with E-state index in [1.54, 1.807) is 0 Å². The number of ether oxygens (including phenoxy) is 1. The Labute approximate surface area is 123 Å². The largest absolute Gasteiger partial charge is 0.496 e.